The minimum atomic E-state index is -0.564. The van der Waals surface area contributed by atoms with E-state index < -0.39 is 11.7 Å². The number of aromatic nitrogens is 2. The van der Waals surface area contributed by atoms with Crippen molar-refractivity contribution in [1.82, 2.24) is 10.2 Å². The molecular formula is C23H23FN4O4. The number of hydrogen-bond acceptors (Lipinski definition) is 7. The average Bonchev–Trinajstić information content (AvgIpc) is 3.29. The fourth-order valence-electron chi connectivity index (χ4n) is 3.90. The van der Waals surface area contributed by atoms with Crippen molar-refractivity contribution in [3.63, 3.8) is 0 Å². The molecule has 1 saturated carbocycles. The molecule has 1 aliphatic rings. The van der Waals surface area contributed by atoms with Gasteiger partial charge in [-0.3, -0.25) is 9.59 Å². The monoisotopic (exact) mass is 438 g/mol. The summed E-state index contributed by atoms with van der Waals surface area (Å²) in [4.78, 5) is 24.1. The van der Waals surface area contributed by atoms with Gasteiger partial charge in [-0.2, -0.15) is 0 Å². The van der Waals surface area contributed by atoms with Crippen LogP contribution < -0.4 is 10.6 Å². The number of methoxy groups -OCH3 is 1. The van der Waals surface area contributed by atoms with Gasteiger partial charge in [0, 0.05) is 5.69 Å². The number of benzene rings is 2. The Hall–Kier alpha value is -3.75. The van der Waals surface area contributed by atoms with Crippen molar-refractivity contribution in [2.75, 3.05) is 17.7 Å². The lowest BCUT2D eigenvalue weighted by atomic mass is 9.79. The molecular weight excluding hydrogens is 415 g/mol. The second-order valence-corrected chi connectivity index (χ2v) is 7.67. The first-order chi connectivity index (χ1) is 15.5. The third kappa shape index (κ3) is 4.93. The lowest BCUT2D eigenvalue weighted by Gasteiger charge is -2.27. The number of nitrogens with zero attached hydrogens (tertiary/aromatic N) is 2. The Bertz CT molecular complexity index is 1090. The van der Waals surface area contributed by atoms with Crippen molar-refractivity contribution in [2.24, 2.45) is 5.92 Å². The van der Waals surface area contributed by atoms with Crippen molar-refractivity contribution < 1.29 is 23.1 Å². The summed E-state index contributed by atoms with van der Waals surface area (Å²) >= 11 is 0. The van der Waals surface area contributed by atoms with Gasteiger partial charge in [0.25, 0.3) is 0 Å². The van der Waals surface area contributed by atoms with Crippen molar-refractivity contribution >= 4 is 29.3 Å². The molecule has 8 nitrogen and oxygen atoms in total. The van der Waals surface area contributed by atoms with Gasteiger partial charge in [0.2, 0.25) is 0 Å². The maximum Gasteiger partial charge on any atom is 0.320 e. The SMILES string of the molecule is COC(=O)[C@H]1CC[C@H](c2ccc(NC(=O)c3nnc(Nc4ccccc4F)o3)cc2)CC1. The third-order valence-electron chi connectivity index (χ3n) is 5.64. The molecule has 0 bridgehead atoms. The highest BCUT2D eigenvalue weighted by Crippen LogP contribution is 2.36. The van der Waals surface area contributed by atoms with E-state index in [1.807, 2.05) is 24.3 Å². The maximum atomic E-state index is 13.7. The van der Waals surface area contributed by atoms with E-state index in [1.54, 1.807) is 12.1 Å². The van der Waals surface area contributed by atoms with E-state index in [4.69, 9.17) is 9.15 Å². The minimum Gasteiger partial charge on any atom is -0.469 e. The lowest BCUT2D eigenvalue weighted by molar-refractivity contribution is -0.146. The Morgan fingerprint density at radius 2 is 1.75 bits per heavy atom. The molecule has 3 aromatic rings. The first kappa shape index (κ1) is 21.5. The molecule has 0 saturated heterocycles. The Morgan fingerprint density at radius 1 is 1.03 bits per heavy atom. The number of hydrogen-bond donors (Lipinski definition) is 2. The molecule has 4 rings (SSSR count). The summed E-state index contributed by atoms with van der Waals surface area (Å²) in [6.45, 7) is 0. The summed E-state index contributed by atoms with van der Waals surface area (Å²) in [5.74, 6) is -1.05. The summed E-state index contributed by atoms with van der Waals surface area (Å²) in [7, 11) is 1.43. The third-order valence-corrected chi connectivity index (χ3v) is 5.64. The van der Waals surface area contributed by atoms with Crippen LogP contribution in [0.15, 0.2) is 52.9 Å². The lowest BCUT2D eigenvalue weighted by Crippen LogP contribution is -2.22. The minimum absolute atomic E-state index is 0.0121. The van der Waals surface area contributed by atoms with Gasteiger partial charge < -0.3 is 19.8 Å². The number of ether oxygens (including phenoxy) is 1. The molecule has 1 heterocycles. The smallest absolute Gasteiger partial charge is 0.320 e. The standard InChI is InChI=1S/C23H23FN4O4/c1-31-22(30)16-8-6-14(7-9-16)15-10-12-17(13-11-15)25-20(29)21-27-28-23(32-21)26-19-5-3-2-4-18(19)24/h2-5,10-14,16H,6-9H2,1H3,(H,25,29)(H,26,28)/t14-,16-. The summed E-state index contributed by atoms with van der Waals surface area (Å²) < 4.78 is 23.8. The first-order valence-electron chi connectivity index (χ1n) is 10.4. The predicted octanol–water partition coefficient (Wildman–Crippen LogP) is 4.65. The number of esters is 1. The van der Waals surface area contributed by atoms with E-state index in [9.17, 15) is 14.0 Å². The molecule has 0 aliphatic heterocycles. The van der Waals surface area contributed by atoms with E-state index in [1.165, 1.54) is 24.8 Å². The van der Waals surface area contributed by atoms with Crippen LogP contribution in [0.25, 0.3) is 0 Å². The van der Waals surface area contributed by atoms with E-state index in [-0.39, 0.29) is 29.5 Å². The zero-order valence-electron chi connectivity index (χ0n) is 17.5. The predicted molar refractivity (Wildman–Crippen MR) is 115 cm³/mol. The highest BCUT2D eigenvalue weighted by Gasteiger charge is 2.27. The Kier molecular flexibility index (Phi) is 6.44. The van der Waals surface area contributed by atoms with Crippen molar-refractivity contribution in [1.29, 1.82) is 0 Å². The largest absolute Gasteiger partial charge is 0.469 e. The second-order valence-electron chi connectivity index (χ2n) is 7.67. The molecule has 1 amide bonds. The van der Waals surface area contributed by atoms with E-state index in [0.29, 0.717) is 11.6 Å². The zero-order chi connectivity index (χ0) is 22.5. The zero-order valence-corrected chi connectivity index (χ0v) is 17.5. The van der Waals surface area contributed by atoms with Crippen molar-refractivity contribution in [3.05, 3.63) is 65.8 Å². The Labute approximate surface area is 184 Å². The first-order valence-corrected chi connectivity index (χ1v) is 10.4. The molecule has 0 atom stereocenters. The van der Waals surface area contributed by atoms with Crippen LogP contribution >= 0.6 is 0 Å². The van der Waals surface area contributed by atoms with E-state index >= 15 is 0 Å². The summed E-state index contributed by atoms with van der Waals surface area (Å²) in [5.41, 5.74) is 1.92. The van der Waals surface area contributed by atoms with Crippen molar-refractivity contribution in [3.8, 4) is 0 Å². The van der Waals surface area contributed by atoms with Crippen LogP contribution in [0.4, 0.5) is 21.8 Å². The molecule has 1 aliphatic carbocycles. The fourth-order valence-corrected chi connectivity index (χ4v) is 3.90. The van der Waals surface area contributed by atoms with Crippen LogP contribution in [0.1, 0.15) is 47.8 Å². The van der Waals surface area contributed by atoms with Gasteiger partial charge in [-0.05, 0) is 61.4 Å². The molecule has 2 aromatic carbocycles. The average molecular weight is 438 g/mol. The Morgan fingerprint density at radius 3 is 2.44 bits per heavy atom. The summed E-state index contributed by atoms with van der Waals surface area (Å²) in [6, 6.07) is 13.5. The molecule has 32 heavy (non-hydrogen) atoms. The van der Waals surface area contributed by atoms with Gasteiger partial charge in [-0.15, -0.1) is 5.10 Å². The van der Waals surface area contributed by atoms with Crippen LogP contribution in [0.2, 0.25) is 0 Å². The molecule has 0 radical (unpaired) electrons. The fraction of sp³-hybridized carbons (Fsp3) is 0.304. The molecule has 166 valence electrons. The van der Waals surface area contributed by atoms with E-state index in [2.05, 4.69) is 20.8 Å². The normalized spacial score (nSPS) is 18.1. The number of carbonyl (C=O) groups is 2. The topological polar surface area (TPSA) is 106 Å². The molecule has 1 fully saturated rings. The van der Waals surface area contributed by atoms with Gasteiger partial charge in [-0.1, -0.05) is 29.4 Å². The number of anilines is 3. The number of carbonyl (C=O) groups excluding carboxylic acids is 2. The molecule has 2 N–H and O–H groups in total. The van der Waals surface area contributed by atoms with Crippen LogP contribution in [-0.4, -0.2) is 29.2 Å². The number of halogens is 1. The van der Waals surface area contributed by atoms with Gasteiger partial charge in [-0.25, -0.2) is 4.39 Å². The number of rotatable bonds is 6. The quantitative estimate of drug-likeness (QED) is 0.540. The van der Waals surface area contributed by atoms with Gasteiger partial charge in [0.15, 0.2) is 0 Å². The van der Waals surface area contributed by atoms with E-state index in [0.717, 1.165) is 25.7 Å². The number of amides is 1. The summed E-state index contributed by atoms with van der Waals surface area (Å²) in [6.07, 6.45) is 3.48. The van der Waals surface area contributed by atoms with Crippen LogP contribution in [-0.2, 0) is 9.53 Å². The molecule has 0 spiro atoms. The van der Waals surface area contributed by atoms with Crippen LogP contribution in [0.5, 0.6) is 0 Å². The van der Waals surface area contributed by atoms with Crippen LogP contribution in [0.3, 0.4) is 0 Å². The van der Waals surface area contributed by atoms with Gasteiger partial charge >= 0.3 is 23.8 Å². The molecule has 1 aromatic heterocycles. The van der Waals surface area contributed by atoms with Gasteiger partial charge in [0.1, 0.15) is 5.82 Å². The second kappa shape index (κ2) is 9.59. The maximum absolute atomic E-state index is 13.7. The molecule has 9 heteroatoms. The molecule has 0 unspecified atom stereocenters. The van der Waals surface area contributed by atoms with Crippen molar-refractivity contribution in [2.45, 2.75) is 31.6 Å². The number of para-hydroxylation sites is 1. The highest BCUT2D eigenvalue weighted by atomic mass is 19.1. The Balaban J connectivity index is 1.33. The van der Waals surface area contributed by atoms with Gasteiger partial charge in [0.05, 0.1) is 18.7 Å². The highest BCUT2D eigenvalue weighted by molar-refractivity contribution is 6.00. The van der Waals surface area contributed by atoms with Crippen LogP contribution in [0, 0.1) is 11.7 Å². The number of nitrogens with one attached hydrogen (secondary N) is 2. The summed E-state index contributed by atoms with van der Waals surface area (Å²) in [5, 5.41) is 12.8.